The Balaban J connectivity index is 0.00000110. The van der Waals surface area contributed by atoms with E-state index in [0.29, 0.717) is 0 Å². The van der Waals surface area contributed by atoms with Crippen LogP contribution in [0.25, 0.3) is 0 Å². The third kappa shape index (κ3) is 4.19. The first kappa shape index (κ1) is 17.5. The van der Waals surface area contributed by atoms with Gasteiger partial charge in [-0.05, 0) is 24.3 Å². The second-order valence-electron chi connectivity index (χ2n) is 4.50. The van der Waals surface area contributed by atoms with Crippen LogP contribution < -0.4 is 9.80 Å². The number of rotatable bonds is 2. The van der Waals surface area contributed by atoms with Gasteiger partial charge in [0.2, 0.25) is 5.95 Å². The Bertz CT molecular complexity index is 548. The van der Waals surface area contributed by atoms with Gasteiger partial charge in [-0.1, -0.05) is 6.07 Å². The smallest absolute Gasteiger partial charge is 0.225 e. The molecule has 4 nitrogen and oxygen atoms in total. The lowest BCUT2D eigenvalue weighted by atomic mass is 10.2. The third-order valence-electron chi connectivity index (χ3n) is 3.29. The van der Waals surface area contributed by atoms with Crippen molar-refractivity contribution in [3.63, 3.8) is 0 Å². The lowest BCUT2D eigenvalue weighted by Gasteiger charge is -2.36. The monoisotopic (exact) mass is 330 g/mol. The minimum absolute atomic E-state index is 0. The predicted molar refractivity (Wildman–Crippen MR) is 87.4 cm³/mol. The SMILES string of the molecule is Cl.Cl.Fc1cccc(N2CCN(c3ncccn3)CC2)c1. The highest BCUT2D eigenvalue weighted by atomic mass is 35.5. The molecule has 3 rings (SSSR count). The van der Waals surface area contributed by atoms with Gasteiger partial charge in [-0.2, -0.15) is 0 Å². The number of anilines is 2. The van der Waals surface area contributed by atoms with Gasteiger partial charge in [-0.3, -0.25) is 0 Å². The van der Waals surface area contributed by atoms with E-state index in [4.69, 9.17) is 0 Å². The fourth-order valence-corrected chi connectivity index (χ4v) is 2.29. The van der Waals surface area contributed by atoms with Crippen LogP contribution in [0.1, 0.15) is 0 Å². The number of aromatic nitrogens is 2. The Labute approximate surface area is 135 Å². The molecule has 0 aliphatic carbocycles. The van der Waals surface area contributed by atoms with Crippen molar-refractivity contribution in [2.45, 2.75) is 0 Å². The molecule has 2 heterocycles. The van der Waals surface area contributed by atoms with Crippen LogP contribution in [0, 0.1) is 5.82 Å². The van der Waals surface area contributed by atoms with E-state index in [1.54, 1.807) is 24.5 Å². The molecular weight excluding hydrogens is 314 g/mol. The number of hydrogen-bond acceptors (Lipinski definition) is 4. The number of benzene rings is 1. The van der Waals surface area contributed by atoms with Crippen LogP contribution >= 0.6 is 24.8 Å². The van der Waals surface area contributed by atoms with Crippen molar-refractivity contribution in [3.8, 4) is 0 Å². The van der Waals surface area contributed by atoms with Gasteiger partial charge in [0.25, 0.3) is 0 Å². The summed E-state index contributed by atoms with van der Waals surface area (Å²) in [5, 5.41) is 0. The molecule has 0 bridgehead atoms. The number of halogens is 3. The van der Waals surface area contributed by atoms with Crippen molar-refractivity contribution in [2.75, 3.05) is 36.0 Å². The van der Waals surface area contributed by atoms with Gasteiger partial charge in [0.15, 0.2) is 0 Å². The summed E-state index contributed by atoms with van der Waals surface area (Å²) < 4.78 is 13.2. The van der Waals surface area contributed by atoms with Crippen LogP contribution in [0.5, 0.6) is 0 Å². The van der Waals surface area contributed by atoms with E-state index in [0.717, 1.165) is 37.8 Å². The molecule has 1 aromatic heterocycles. The summed E-state index contributed by atoms with van der Waals surface area (Å²) in [6.07, 6.45) is 3.50. The maximum atomic E-state index is 13.2. The van der Waals surface area contributed by atoms with Crippen molar-refractivity contribution in [2.24, 2.45) is 0 Å². The molecule has 0 amide bonds. The molecule has 114 valence electrons. The van der Waals surface area contributed by atoms with Gasteiger partial charge in [-0.15, -0.1) is 24.8 Å². The molecular formula is C14H17Cl2FN4. The Hall–Kier alpha value is -1.59. The van der Waals surface area contributed by atoms with E-state index >= 15 is 0 Å². The summed E-state index contributed by atoms with van der Waals surface area (Å²) in [5.41, 5.74) is 0.939. The van der Waals surface area contributed by atoms with Crippen LogP contribution in [-0.2, 0) is 0 Å². The van der Waals surface area contributed by atoms with Gasteiger partial charge in [0.1, 0.15) is 5.82 Å². The molecule has 0 atom stereocenters. The number of piperazine rings is 1. The standard InChI is InChI=1S/C14H15FN4.2ClH/c15-12-3-1-4-13(11-12)18-7-9-19(10-8-18)14-16-5-2-6-17-14;;/h1-6,11H,7-10H2;2*1H. The summed E-state index contributed by atoms with van der Waals surface area (Å²) in [7, 11) is 0. The van der Waals surface area contributed by atoms with E-state index in [1.807, 2.05) is 12.1 Å². The number of nitrogens with zero attached hydrogens (tertiary/aromatic N) is 4. The van der Waals surface area contributed by atoms with Crippen molar-refractivity contribution in [1.29, 1.82) is 0 Å². The maximum Gasteiger partial charge on any atom is 0.225 e. The Morgan fingerprint density at radius 3 is 2.10 bits per heavy atom. The zero-order valence-corrected chi connectivity index (χ0v) is 13.0. The van der Waals surface area contributed by atoms with E-state index in [-0.39, 0.29) is 30.6 Å². The molecule has 1 fully saturated rings. The molecule has 0 spiro atoms. The van der Waals surface area contributed by atoms with Crippen LogP contribution in [0.2, 0.25) is 0 Å². The van der Waals surface area contributed by atoms with E-state index < -0.39 is 0 Å². The molecule has 1 saturated heterocycles. The summed E-state index contributed by atoms with van der Waals surface area (Å²) >= 11 is 0. The summed E-state index contributed by atoms with van der Waals surface area (Å²) in [4.78, 5) is 12.8. The van der Waals surface area contributed by atoms with Gasteiger partial charge < -0.3 is 9.80 Å². The highest BCUT2D eigenvalue weighted by Gasteiger charge is 2.18. The molecule has 2 aromatic rings. The van der Waals surface area contributed by atoms with E-state index in [9.17, 15) is 4.39 Å². The van der Waals surface area contributed by atoms with E-state index in [1.165, 1.54) is 6.07 Å². The van der Waals surface area contributed by atoms with Gasteiger partial charge >= 0.3 is 0 Å². The first-order valence-corrected chi connectivity index (χ1v) is 6.35. The van der Waals surface area contributed by atoms with Crippen molar-refractivity contribution in [1.82, 2.24) is 9.97 Å². The minimum atomic E-state index is -0.189. The van der Waals surface area contributed by atoms with Crippen molar-refractivity contribution in [3.05, 3.63) is 48.5 Å². The highest BCUT2D eigenvalue weighted by molar-refractivity contribution is 5.85. The molecule has 0 N–H and O–H groups in total. The van der Waals surface area contributed by atoms with Crippen molar-refractivity contribution < 1.29 is 4.39 Å². The molecule has 7 heteroatoms. The average molecular weight is 331 g/mol. The zero-order chi connectivity index (χ0) is 13.1. The molecule has 1 aliphatic heterocycles. The largest absolute Gasteiger partial charge is 0.368 e. The first-order chi connectivity index (χ1) is 9.33. The fourth-order valence-electron chi connectivity index (χ4n) is 2.29. The lowest BCUT2D eigenvalue weighted by Crippen LogP contribution is -2.47. The average Bonchev–Trinajstić information content (AvgIpc) is 2.48. The maximum absolute atomic E-state index is 13.2. The summed E-state index contributed by atoms with van der Waals surface area (Å²) in [6.45, 7) is 3.39. The van der Waals surface area contributed by atoms with Gasteiger partial charge in [0.05, 0.1) is 0 Å². The molecule has 21 heavy (non-hydrogen) atoms. The number of hydrogen-bond donors (Lipinski definition) is 0. The first-order valence-electron chi connectivity index (χ1n) is 6.35. The molecule has 0 saturated carbocycles. The fraction of sp³-hybridized carbons (Fsp3) is 0.286. The second kappa shape index (κ2) is 8.00. The lowest BCUT2D eigenvalue weighted by molar-refractivity contribution is 0.617. The molecule has 1 aliphatic rings. The van der Waals surface area contributed by atoms with Crippen molar-refractivity contribution >= 4 is 36.4 Å². The van der Waals surface area contributed by atoms with Crippen LogP contribution in [0.15, 0.2) is 42.7 Å². The topological polar surface area (TPSA) is 32.3 Å². The Morgan fingerprint density at radius 1 is 0.857 bits per heavy atom. The minimum Gasteiger partial charge on any atom is -0.368 e. The third-order valence-corrected chi connectivity index (χ3v) is 3.29. The molecule has 1 aromatic carbocycles. The Morgan fingerprint density at radius 2 is 1.48 bits per heavy atom. The normalized spacial score (nSPS) is 14.1. The van der Waals surface area contributed by atoms with Gasteiger partial charge in [0, 0.05) is 44.3 Å². The molecule has 0 unspecified atom stereocenters. The Kier molecular flexibility index (Phi) is 6.65. The highest BCUT2D eigenvalue weighted by Crippen LogP contribution is 2.18. The summed E-state index contributed by atoms with van der Waals surface area (Å²) in [6, 6.07) is 8.55. The van der Waals surface area contributed by atoms with Crippen LogP contribution in [0.4, 0.5) is 16.0 Å². The van der Waals surface area contributed by atoms with Gasteiger partial charge in [-0.25, -0.2) is 14.4 Å². The van der Waals surface area contributed by atoms with Crippen LogP contribution in [-0.4, -0.2) is 36.1 Å². The quantitative estimate of drug-likeness (QED) is 0.847. The van der Waals surface area contributed by atoms with E-state index in [2.05, 4.69) is 19.8 Å². The molecule has 0 radical (unpaired) electrons. The summed E-state index contributed by atoms with van der Waals surface area (Å²) in [5.74, 6) is 0.577. The predicted octanol–water partition coefficient (Wildman–Crippen LogP) is 2.79. The zero-order valence-electron chi connectivity index (χ0n) is 11.4. The second-order valence-corrected chi connectivity index (χ2v) is 4.50. The van der Waals surface area contributed by atoms with Crippen LogP contribution in [0.3, 0.4) is 0 Å².